The van der Waals surface area contributed by atoms with Crippen molar-refractivity contribution in [2.24, 2.45) is 0 Å². The monoisotopic (exact) mass is 224 g/mol. The largest absolute Gasteiger partial charge is 0.347 e. The van der Waals surface area contributed by atoms with Gasteiger partial charge >= 0.3 is 0 Å². The van der Waals surface area contributed by atoms with Gasteiger partial charge in [0.25, 0.3) is 0 Å². The van der Waals surface area contributed by atoms with Crippen LogP contribution in [-0.4, -0.2) is 53.7 Å². The Morgan fingerprint density at radius 2 is 1.81 bits per heavy atom. The van der Waals surface area contributed by atoms with Crippen molar-refractivity contribution in [2.75, 3.05) is 14.1 Å². The average molecular weight is 224 g/mol. The van der Waals surface area contributed by atoms with E-state index in [1.807, 2.05) is 6.92 Å². The lowest BCUT2D eigenvalue weighted by molar-refractivity contribution is -0.138. The first-order chi connectivity index (χ1) is 7.50. The van der Waals surface area contributed by atoms with E-state index in [0.29, 0.717) is 30.7 Å². The number of rotatable bonds is 2. The van der Waals surface area contributed by atoms with Gasteiger partial charge in [-0.3, -0.25) is 14.5 Å². The summed E-state index contributed by atoms with van der Waals surface area (Å²) < 4.78 is 0. The van der Waals surface area contributed by atoms with Crippen molar-refractivity contribution < 1.29 is 9.59 Å². The summed E-state index contributed by atoms with van der Waals surface area (Å²) in [5.74, 6) is 0.513. The first-order valence-corrected chi connectivity index (χ1v) is 6.01. The molecule has 16 heavy (non-hydrogen) atoms. The van der Waals surface area contributed by atoms with E-state index in [9.17, 15) is 9.59 Å². The molecule has 2 bridgehead atoms. The fourth-order valence-corrected chi connectivity index (χ4v) is 3.14. The molecule has 0 aliphatic carbocycles. The summed E-state index contributed by atoms with van der Waals surface area (Å²) in [5, 5.41) is 0. The molecule has 2 saturated heterocycles. The van der Waals surface area contributed by atoms with Crippen LogP contribution in [0.2, 0.25) is 0 Å². The summed E-state index contributed by atoms with van der Waals surface area (Å²) in [6, 6.07) is 0.538. The molecule has 3 atom stereocenters. The Labute approximate surface area is 96.6 Å². The number of Topliss-reactive ketones (excluding diaryl/α,β-unsaturated/α-hetero) is 1. The molecule has 0 N–H and O–H groups in total. The molecule has 0 aromatic heterocycles. The number of carbonyl (C=O) groups excluding carboxylic acids is 2. The van der Waals surface area contributed by atoms with Gasteiger partial charge in [-0.25, -0.2) is 0 Å². The lowest BCUT2D eigenvalue weighted by Crippen LogP contribution is -2.53. The van der Waals surface area contributed by atoms with Gasteiger partial charge in [-0.15, -0.1) is 0 Å². The molecule has 0 aromatic carbocycles. The second-order valence-corrected chi connectivity index (χ2v) is 5.19. The highest BCUT2D eigenvalue weighted by molar-refractivity contribution is 5.83. The maximum Gasteiger partial charge on any atom is 0.239 e. The predicted molar refractivity (Wildman–Crippen MR) is 61.0 cm³/mol. The molecular weight excluding hydrogens is 204 g/mol. The Morgan fingerprint density at radius 3 is 2.25 bits per heavy atom. The number of piperidine rings is 1. The number of nitrogens with zero attached hydrogens (tertiary/aromatic N) is 2. The normalized spacial score (nSPS) is 31.6. The van der Waals surface area contributed by atoms with Crippen LogP contribution in [0.25, 0.3) is 0 Å². The summed E-state index contributed by atoms with van der Waals surface area (Å²) in [4.78, 5) is 27.3. The van der Waals surface area contributed by atoms with Crippen LogP contribution in [0, 0.1) is 0 Å². The van der Waals surface area contributed by atoms with E-state index in [4.69, 9.17) is 0 Å². The van der Waals surface area contributed by atoms with Crippen LogP contribution in [0.1, 0.15) is 32.6 Å². The van der Waals surface area contributed by atoms with Crippen molar-refractivity contribution in [2.45, 2.75) is 50.7 Å². The van der Waals surface area contributed by atoms with Crippen LogP contribution < -0.4 is 0 Å². The van der Waals surface area contributed by atoms with Gasteiger partial charge < -0.3 is 4.90 Å². The number of hydrogen-bond donors (Lipinski definition) is 0. The zero-order valence-corrected chi connectivity index (χ0v) is 10.3. The fraction of sp³-hybridized carbons (Fsp3) is 0.833. The molecular formula is C12H20N2O2. The van der Waals surface area contributed by atoms with Crippen LogP contribution >= 0.6 is 0 Å². The van der Waals surface area contributed by atoms with Gasteiger partial charge in [-0.05, 0) is 19.8 Å². The van der Waals surface area contributed by atoms with E-state index in [1.54, 1.807) is 19.0 Å². The minimum atomic E-state index is -0.0828. The lowest BCUT2D eigenvalue weighted by atomic mass is 9.99. The summed E-state index contributed by atoms with van der Waals surface area (Å²) in [5.41, 5.74) is 0. The first kappa shape index (κ1) is 11.6. The fourth-order valence-electron chi connectivity index (χ4n) is 3.14. The lowest BCUT2D eigenvalue weighted by Gasteiger charge is -2.38. The highest BCUT2D eigenvalue weighted by atomic mass is 16.2. The molecule has 0 radical (unpaired) electrons. The topological polar surface area (TPSA) is 40.6 Å². The maximum absolute atomic E-state index is 11.9. The van der Waals surface area contributed by atoms with Gasteiger partial charge in [0.1, 0.15) is 5.78 Å². The number of carbonyl (C=O) groups is 2. The Kier molecular flexibility index (Phi) is 3.02. The standard InChI is InChI=1S/C12H20N2O2/c1-8(12(16)13(2)3)14-9-4-5-10(14)7-11(15)6-9/h8-10H,4-7H2,1-3H3. The zero-order chi connectivity index (χ0) is 11.9. The third kappa shape index (κ3) is 1.86. The Balaban J connectivity index is 2.11. The van der Waals surface area contributed by atoms with Crippen molar-refractivity contribution in [1.29, 1.82) is 0 Å². The SMILES string of the molecule is CC(C(=O)N(C)C)N1C2CCC1CC(=O)C2. The minimum absolute atomic E-state index is 0.0828. The second kappa shape index (κ2) is 4.17. The average Bonchev–Trinajstić information content (AvgIpc) is 2.49. The van der Waals surface area contributed by atoms with E-state index >= 15 is 0 Å². The second-order valence-electron chi connectivity index (χ2n) is 5.19. The van der Waals surface area contributed by atoms with E-state index in [2.05, 4.69) is 4.90 Å². The molecule has 0 spiro atoms. The van der Waals surface area contributed by atoms with Crippen LogP contribution in [-0.2, 0) is 9.59 Å². The van der Waals surface area contributed by atoms with Crippen molar-refractivity contribution in [1.82, 2.24) is 9.80 Å². The molecule has 3 unspecified atom stereocenters. The van der Waals surface area contributed by atoms with Crippen LogP contribution in [0.3, 0.4) is 0 Å². The first-order valence-electron chi connectivity index (χ1n) is 6.01. The number of likely N-dealkylation sites (N-methyl/N-ethyl adjacent to an activating group) is 1. The zero-order valence-electron chi connectivity index (χ0n) is 10.3. The summed E-state index contributed by atoms with van der Waals surface area (Å²) in [6.45, 7) is 1.96. The molecule has 2 fully saturated rings. The van der Waals surface area contributed by atoms with Crippen LogP contribution in [0.4, 0.5) is 0 Å². The maximum atomic E-state index is 11.9. The molecule has 4 heteroatoms. The third-order valence-electron chi connectivity index (χ3n) is 3.85. The smallest absolute Gasteiger partial charge is 0.239 e. The van der Waals surface area contributed by atoms with Gasteiger partial charge in [-0.1, -0.05) is 0 Å². The van der Waals surface area contributed by atoms with Crippen LogP contribution in [0.5, 0.6) is 0 Å². The predicted octanol–water partition coefficient (Wildman–Crippen LogP) is 0.659. The molecule has 0 saturated carbocycles. The van der Waals surface area contributed by atoms with Crippen molar-refractivity contribution in [3.63, 3.8) is 0 Å². The quantitative estimate of drug-likeness (QED) is 0.692. The molecule has 1 amide bonds. The summed E-state index contributed by atoms with van der Waals surface area (Å²) in [7, 11) is 3.58. The third-order valence-corrected chi connectivity index (χ3v) is 3.85. The van der Waals surface area contributed by atoms with Gasteiger partial charge in [0, 0.05) is 39.0 Å². The highest BCUT2D eigenvalue weighted by Crippen LogP contribution is 2.35. The molecule has 2 aliphatic heterocycles. The van der Waals surface area contributed by atoms with Crippen molar-refractivity contribution >= 4 is 11.7 Å². The number of fused-ring (bicyclic) bond motifs is 2. The number of amides is 1. The van der Waals surface area contributed by atoms with E-state index < -0.39 is 0 Å². The number of ketones is 1. The van der Waals surface area contributed by atoms with Gasteiger partial charge in [0.05, 0.1) is 6.04 Å². The van der Waals surface area contributed by atoms with Crippen molar-refractivity contribution in [3.05, 3.63) is 0 Å². The van der Waals surface area contributed by atoms with E-state index in [-0.39, 0.29) is 11.9 Å². The molecule has 90 valence electrons. The summed E-state index contributed by atoms with van der Waals surface area (Å²) >= 11 is 0. The minimum Gasteiger partial charge on any atom is -0.347 e. The van der Waals surface area contributed by atoms with E-state index in [1.165, 1.54) is 0 Å². The molecule has 4 nitrogen and oxygen atoms in total. The number of hydrogen-bond acceptors (Lipinski definition) is 3. The molecule has 0 aromatic rings. The Morgan fingerprint density at radius 1 is 1.31 bits per heavy atom. The van der Waals surface area contributed by atoms with E-state index in [0.717, 1.165) is 12.8 Å². The molecule has 2 rings (SSSR count). The van der Waals surface area contributed by atoms with Crippen molar-refractivity contribution in [3.8, 4) is 0 Å². The Bertz CT molecular complexity index is 298. The highest BCUT2D eigenvalue weighted by Gasteiger charge is 2.44. The molecule has 2 heterocycles. The molecule has 2 aliphatic rings. The summed E-state index contributed by atoms with van der Waals surface area (Å²) in [6.07, 6.45) is 3.42. The van der Waals surface area contributed by atoms with Gasteiger partial charge in [0.2, 0.25) is 5.91 Å². The van der Waals surface area contributed by atoms with Gasteiger partial charge in [-0.2, -0.15) is 0 Å². The van der Waals surface area contributed by atoms with Gasteiger partial charge in [0.15, 0.2) is 0 Å². The Hall–Kier alpha value is -0.900. The van der Waals surface area contributed by atoms with Crippen LogP contribution in [0.15, 0.2) is 0 Å².